The van der Waals surface area contributed by atoms with Crippen LogP contribution in [0.4, 0.5) is 13.2 Å². The fourth-order valence-corrected chi connectivity index (χ4v) is 2.86. The van der Waals surface area contributed by atoms with Gasteiger partial charge in [-0.3, -0.25) is 0 Å². The standard InChI is InChI=1S/C16H11ClF3N3O3S/c1-27(24,25)23-6-5-14(22-23)10-3-2-4-12(7-10)26-15-13(17)8-11(9-21-15)16(18,19)20/h2-9H,1H3. The lowest BCUT2D eigenvalue weighted by Gasteiger charge is -2.10. The summed E-state index contributed by atoms with van der Waals surface area (Å²) >= 11 is 5.83. The summed E-state index contributed by atoms with van der Waals surface area (Å²) < 4.78 is 67.2. The van der Waals surface area contributed by atoms with Crippen LogP contribution < -0.4 is 4.74 Å². The minimum absolute atomic E-state index is 0.191. The maximum Gasteiger partial charge on any atom is 0.417 e. The van der Waals surface area contributed by atoms with Crippen molar-refractivity contribution in [2.24, 2.45) is 0 Å². The van der Waals surface area contributed by atoms with Crippen LogP contribution in [0, 0.1) is 0 Å². The number of alkyl halides is 3. The van der Waals surface area contributed by atoms with Gasteiger partial charge in [0.2, 0.25) is 5.88 Å². The predicted octanol–water partition coefficient (Wildman–Crippen LogP) is 4.22. The molecule has 27 heavy (non-hydrogen) atoms. The fraction of sp³-hybridized carbons (Fsp3) is 0.125. The van der Waals surface area contributed by atoms with Gasteiger partial charge in [0.1, 0.15) is 10.8 Å². The van der Waals surface area contributed by atoms with Crippen LogP contribution in [0.5, 0.6) is 11.6 Å². The molecule has 0 aliphatic carbocycles. The Labute approximate surface area is 157 Å². The zero-order valence-corrected chi connectivity index (χ0v) is 15.2. The molecule has 2 heterocycles. The molecule has 6 nitrogen and oxygen atoms in total. The second-order valence-corrected chi connectivity index (χ2v) is 7.72. The lowest BCUT2D eigenvalue weighted by Crippen LogP contribution is -2.10. The Balaban J connectivity index is 1.88. The third kappa shape index (κ3) is 4.40. The second kappa shape index (κ2) is 6.86. The summed E-state index contributed by atoms with van der Waals surface area (Å²) in [7, 11) is -3.52. The van der Waals surface area contributed by atoms with Gasteiger partial charge >= 0.3 is 6.18 Å². The first-order valence-corrected chi connectivity index (χ1v) is 9.54. The minimum Gasteiger partial charge on any atom is -0.438 e. The normalized spacial score (nSPS) is 12.2. The number of hydrogen-bond acceptors (Lipinski definition) is 5. The van der Waals surface area contributed by atoms with Crippen LogP contribution in [0.15, 0.2) is 48.8 Å². The highest BCUT2D eigenvalue weighted by atomic mass is 35.5. The molecule has 142 valence electrons. The Hall–Kier alpha value is -2.59. The van der Waals surface area contributed by atoms with Crippen molar-refractivity contribution in [3.63, 3.8) is 0 Å². The molecule has 0 saturated carbocycles. The first kappa shape index (κ1) is 19.2. The zero-order valence-electron chi connectivity index (χ0n) is 13.6. The molecule has 0 spiro atoms. The molecule has 0 fully saturated rings. The predicted molar refractivity (Wildman–Crippen MR) is 92.2 cm³/mol. The highest BCUT2D eigenvalue weighted by molar-refractivity contribution is 7.89. The molecule has 0 unspecified atom stereocenters. The van der Waals surface area contributed by atoms with Crippen molar-refractivity contribution in [1.82, 2.24) is 14.2 Å². The van der Waals surface area contributed by atoms with Crippen molar-refractivity contribution in [3.8, 4) is 22.9 Å². The summed E-state index contributed by atoms with van der Waals surface area (Å²) in [6.07, 6.45) is -1.62. The van der Waals surface area contributed by atoms with E-state index < -0.39 is 21.8 Å². The summed E-state index contributed by atoms with van der Waals surface area (Å²) in [5, 5.41) is 3.67. The van der Waals surface area contributed by atoms with E-state index in [1.165, 1.54) is 18.3 Å². The third-order valence-corrected chi connectivity index (χ3v) is 4.54. The third-order valence-electron chi connectivity index (χ3n) is 3.39. The van der Waals surface area contributed by atoms with Crippen LogP contribution in [0.1, 0.15) is 5.56 Å². The molecule has 3 rings (SSSR count). The maximum atomic E-state index is 12.7. The largest absolute Gasteiger partial charge is 0.438 e. The van der Waals surface area contributed by atoms with Crippen molar-refractivity contribution in [2.45, 2.75) is 6.18 Å². The van der Waals surface area contributed by atoms with Crippen LogP contribution in [-0.2, 0) is 16.2 Å². The lowest BCUT2D eigenvalue weighted by atomic mass is 10.1. The molecular formula is C16H11ClF3N3O3S. The number of benzene rings is 1. The number of halogens is 4. The molecule has 0 radical (unpaired) electrons. The van der Waals surface area contributed by atoms with Gasteiger partial charge in [-0.2, -0.15) is 22.4 Å². The van der Waals surface area contributed by atoms with E-state index in [1.807, 2.05) is 0 Å². The van der Waals surface area contributed by atoms with E-state index in [0.29, 0.717) is 17.5 Å². The first-order valence-electron chi connectivity index (χ1n) is 7.31. The summed E-state index contributed by atoms with van der Waals surface area (Å²) in [5.41, 5.74) is -0.0739. The van der Waals surface area contributed by atoms with Crippen LogP contribution in [-0.4, -0.2) is 28.8 Å². The van der Waals surface area contributed by atoms with Gasteiger partial charge in [0.05, 0.1) is 17.5 Å². The highest BCUT2D eigenvalue weighted by Gasteiger charge is 2.31. The van der Waals surface area contributed by atoms with Crippen molar-refractivity contribution in [3.05, 3.63) is 59.4 Å². The molecule has 0 aliphatic rings. The van der Waals surface area contributed by atoms with Crippen LogP contribution >= 0.6 is 11.6 Å². The van der Waals surface area contributed by atoms with E-state index in [0.717, 1.165) is 16.4 Å². The highest BCUT2D eigenvalue weighted by Crippen LogP contribution is 2.35. The van der Waals surface area contributed by atoms with Crippen LogP contribution in [0.2, 0.25) is 5.02 Å². The molecule has 3 aromatic rings. The lowest BCUT2D eigenvalue weighted by molar-refractivity contribution is -0.137. The fourth-order valence-electron chi connectivity index (χ4n) is 2.13. The van der Waals surface area contributed by atoms with Gasteiger partial charge in [0, 0.05) is 18.0 Å². The average molecular weight is 418 g/mol. The number of nitrogens with zero attached hydrogens (tertiary/aromatic N) is 3. The molecule has 11 heteroatoms. The van der Waals surface area contributed by atoms with E-state index in [2.05, 4.69) is 10.1 Å². The summed E-state index contributed by atoms with van der Waals surface area (Å²) in [5.74, 6) is 0.0547. The molecule has 0 saturated heterocycles. The van der Waals surface area contributed by atoms with Crippen molar-refractivity contribution < 1.29 is 26.3 Å². The number of ether oxygens (including phenoxy) is 1. The molecule has 1 aromatic carbocycles. The van der Waals surface area contributed by atoms with Crippen molar-refractivity contribution >= 4 is 21.6 Å². The molecule has 0 aliphatic heterocycles. The Morgan fingerprint density at radius 1 is 1.19 bits per heavy atom. The van der Waals surface area contributed by atoms with E-state index >= 15 is 0 Å². The van der Waals surface area contributed by atoms with Gasteiger partial charge in [0.25, 0.3) is 10.0 Å². The van der Waals surface area contributed by atoms with Gasteiger partial charge < -0.3 is 4.74 Å². The Morgan fingerprint density at radius 3 is 2.52 bits per heavy atom. The molecule has 0 bridgehead atoms. The second-order valence-electron chi connectivity index (χ2n) is 5.48. The molecule has 0 atom stereocenters. The summed E-state index contributed by atoms with van der Waals surface area (Å²) in [6, 6.07) is 8.59. The van der Waals surface area contributed by atoms with Gasteiger partial charge in [0.15, 0.2) is 0 Å². The monoisotopic (exact) mass is 417 g/mol. The van der Waals surface area contributed by atoms with Crippen LogP contribution in [0.25, 0.3) is 11.3 Å². The quantitative estimate of drug-likeness (QED) is 0.635. The summed E-state index contributed by atoms with van der Waals surface area (Å²) in [4.78, 5) is 3.61. The van der Waals surface area contributed by atoms with Gasteiger partial charge in [-0.1, -0.05) is 23.7 Å². The molecule has 0 amide bonds. The van der Waals surface area contributed by atoms with Gasteiger partial charge in [-0.25, -0.2) is 13.4 Å². The van der Waals surface area contributed by atoms with E-state index in [-0.39, 0.29) is 16.7 Å². The average Bonchev–Trinajstić information content (AvgIpc) is 3.06. The van der Waals surface area contributed by atoms with E-state index in [1.54, 1.807) is 18.2 Å². The number of rotatable bonds is 4. The van der Waals surface area contributed by atoms with Crippen molar-refractivity contribution in [1.29, 1.82) is 0 Å². The molecular weight excluding hydrogens is 407 g/mol. The summed E-state index contributed by atoms with van der Waals surface area (Å²) in [6.45, 7) is 0. The van der Waals surface area contributed by atoms with E-state index in [9.17, 15) is 21.6 Å². The molecule has 2 aromatic heterocycles. The first-order chi connectivity index (χ1) is 12.5. The Bertz CT molecular complexity index is 1100. The van der Waals surface area contributed by atoms with Crippen molar-refractivity contribution in [2.75, 3.05) is 6.26 Å². The minimum atomic E-state index is -4.56. The SMILES string of the molecule is CS(=O)(=O)n1ccc(-c2cccc(Oc3ncc(C(F)(F)F)cc3Cl)c2)n1. The number of pyridine rings is 1. The number of hydrogen-bond donors (Lipinski definition) is 0. The number of aromatic nitrogens is 3. The van der Waals surface area contributed by atoms with Gasteiger partial charge in [-0.05, 0) is 24.3 Å². The topological polar surface area (TPSA) is 74.1 Å². The van der Waals surface area contributed by atoms with E-state index in [4.69, 9.17) is 16.3 Å². The van der Waals surface area contributed by atoms with Crippen LogP contribution in [0.3, 0.4) is 0 Å². The zero-order chi connectivity index (χ0) is 19.8. The van der Waals surface area contributed by atoms with Gasteiger partial charge in [-0.15, -0.1) is 0 Å². The smallest absolute Gasteiger partial charge is 0.417 e. The maximum absolute atomic E-state index is 12.7. The Kier molecular flexibility index (Phi) is 4.87. The Morgan fingerprint density at radius 2 is 1.93 bits per heavy atom. The molecule has 0 N–H and O–H groups in total.